The van der Waals surface area contributed by atoms with E-state index < -0.39 is 48.1 Å². The molecule has 0 aliphatic heterocycles. The number of halogens is 4. The van der Waals surface area contributed by atoms with E-state index in [1.165, 1.54) is 0 Å². The zero-order valence-electron chi connectivity index (χ0n) is 14.5. The summed E-state index contributed by atoms with van der Waals surface area (Å²) in [5.41, 5.74) is 0. The Morgan fingerprint density at radius 1 is 0.857 bits per heavy atom. The van der Waals surface area contributed by atoms with Crippen LogP contribution in [0, 0.1) is 23.3 Å². The summed E-state index contributed by atoms with van der Waals surface area (Å²) >= 11 is -0.389. The molecule has 1 aromatic carbocycles. The molecule has 0 saturated heterocycles. The van der Waals surface area contributed by atoms with Crippen molar-refractivity contribution < 1.29 is 50.8 Å². The normalized spacial score (nSPS) is 12.1. The second-order valence-corrected chi connectivity index (χ2v) is 8.62. The molecule has 0 unspecified atom stereocenters. The van der Waals surface area contributed by atoms with Gasteiger partial charge in [0.05, 0.1) is 17.3 Å². The molecule has 0 saturated carbocycles. The van der Waals surface area contributed by atoms with Gasteiger partial charge < -0.3 is 10.2 Å². The molecular formula is C15H20F4O7S2. The van der Waals surface area contributed by atoms with E-state index in [2.05, 4.69) is 9.37 Å². The van der Waals surface area contributed by atoms with Crippen molar-refractivity contribution in [3.8, 4) is 0 Å². The molecule has 0 radical (unpaired) electrons. The molecule has 7 nitrogen and oxygen atoms in total. The van der Waals surface area contributed by atoms with Crippen LogP contribution in [0.1, 0.15) is 38.5 Å². The molecular weight excluding hydrogens is 432 g/mol. The molecule has 1 rings (SSSR count). The lowest BCUT2D eigenvalue weighted by Crippen LogP contribution is -2.25. The lowest BCUT2D eigenvalue weighted by atomic mass is 10.1. The first-order chi connectivity index (χ1) is 13.2. The predicted octanol–water partition coefficient (Wildman–Crippen LogP) is 3.14. The third-order valence-electron chi connectivity index (χ3n) is 3.92. The Hall–Kier alpha value is -0.960. The molecule has 0 heterocycles. The van der Waals surface area contributed by atoms with E-state index >= 15 is 0 Å². The quantitative estimate of drug-likeness (QED) is 0.104. The van der Waals surface area contributed by atoms with Crippen LogP contribution in [0.15, 0.2) is 9.79 Å². The molecule has 28 heavy (non-hydrogen) atoms. The summed E-state index contributed by atoms with van der Waals surface area (Å²) < 4.78 is 86.1. The number of unbranched alkanes of at least 4 members (excludes halogenated alkanes) is 2. The van der Waals surface area contributed by atoms with Crippen molar-refractivity contribution >= 4 is 21.9 Å². The summed E-state index contributed by atoms with van der Waals surface area (Å²) in [5.74, 6) is -8.30. The van der Waals surface area contributed by atoms with Crippen molar-refractivity contribution in [3.63, 3.8) is 0 Å². The molecule has 0 aliphatic carbocycles. The van der Waals surface area contributed by atoms with Crippen LogP contribution >= 0.6 is 12.0 Å². The van der Waals surface area contributed by atoms with Crippen LogP contribution in [0.3, 0.4) is 0 Å². The van der Waals surface area contributed by atoms with E-state index in [0.717, 1.165) is 0 Å². The topological polar surface area (TPSA) is 113 Å². The van der Waals surface area contributed by atoms with Gasteiger partial charge in [-0.1, -0.05) is 5.04 Å². The maximum atomic E-state index is 14.3. The van der Waals surface area contributed by atoms with Crippen LogP contribution in [-0.4, -0.2) is 42.4 Å². The zero-order chi connectivity index (χ0) is 21.3. The highest BCUT2D eigenvalue weighted by molar-refractivity contribution is 7.94. The van der Waals surface area contributed by atoms with Crippen molar-refractivity contribution in [1.82, 2.24) is 0 Å². The van der Waals surface area contributed by atoms with Crippen LogP contribution in [0.4, 0.5) is 17.6 Å². The number of hydrogen-bond acceptors (Lipinski definition) is 8. The Morgan fingerprint density at radius 2 is 1.32 bits per heavy atom. The molecule has 0 bridgehead atoms. The fourth-order valence-electron chi connectivity index (χ4n) is 2.55. The average Bonchev–Trinajstić information content (AvgIpc) is 2.65. The summed E-state index contributed by atoms with van der Waals surface area (Å²) in [6.45, 7) is -0.456. The van der Waals surface area contributed by atoms with Gasteiger partial charge in [-0.25, -0.2) is 31.2 Å². The maximum absolute atomic E-state index is 14.3. The molecule has 0 aromatic heterocycles. The maximum Gasteiger partial charge on any atom is 0.187 e. The van der Waals surface area contributed by atoms with Crippen LogP contribution in [0.2, 0.25) is 0 Å². The summed E-state index contributed by atoms with van der Waals surface area (Å²) in [5, 5.41) is 27.4. The van der Waals surface area contributed by atoms with Crippen molar-refractivity contribution in [2.75, 3.05) is 13.2 Å². The number of aliphatic hydroxyl groups excluding tert-OH is 2. The highest BCUT2D eigenvalue weighted by Gasteiger charge is 2.38. The first-order valence-electron chi connectivity index (χ1n) is 8.20. The third kappa shape index (κ3) is 6.02. The highest BCUT2D eigenvalue weighted by Crippen LogP contribution is 2.36. The van der Waals surface area contributed by atoms with Crippen molar-refractivity contribution in [1.29, 1.82) is 0 Å². The molecule has 162 valence electrons. The van der Waals surface area contributed by atoms with Crippen LogP contribution in [-0.2, 0) is 19.2 Å². The zero-order valence-corrected chi connectivity index (χ0v) is 16.2. The molecule has 3 N–H and O–H groups in total. The Kier molecular flexibility index (Phi) is 10.7. The minimum Gasteiger partial charge on any atom is -0.396 e. The Labute approximate surface area is 163 Å². The molecule has 0 amide bonds. The van der Waals surface area contributed by atoms with E-state index in [1.807, 2.05) is 0 Å². The first kappa shape index (κ1) is 25.1. The van der Waals surface area contributed by atoms with Gasteiger partial charge >= 0.3 is 0 Å². The molecule has 0 aliphatic rings. The van der Waals surface area contributed by atoms with Gasteiger partial charge in [0.1, 0.15) is 9.79 Å². The van der Waals surface area contributed by atoms with Crippen LogP contribution in [0.25, 0.3) is 0 Å². The SMILES string of the molecule is O=S(=O)(c1c(F)c(F)c(SOOO)c(F)c1F)C(CCCCO)CCCCO. The number of aliphatic hydroxyl groups is 2. The Balaban J connectivity index is 3.38. The molecule has 1 aromatic rings. The van der Waals surface area contributed by atoms with Gasteiger partial charge in [0.2, 0.25) is 0 Å². The predicted molar refractivity (Wildman–Crippen MR) is 89.8 cm³/mol. The minimum atomic E-state index is -4.83. The van der Waals surface area contributed by atoms with E-state index in [0.29, 0.717) is 0 Å². The van der Waals surface area contributed by atoms with Gasteiger partial charge in [0, 0.05) is 13.2 Å². The fraction of sp³-hybridized carbons (Fsp3) is 0.600. The van der Waals surface area contributed by atoms with Gasteiger partial charge in [0.25, 0.3) is 0 Å². The first-order valence-corrected chi connectivity index (χ1v) is 10.5. The average molecular weight is 452 g/mol. The van der Waals surface area contributed by atoms with Crippen molar-refractivity contribution in [2.45, 2.75) is 53.6 Å². The Bertz CT molecular complexity index is 707. The molecule has 0 atom stereocenters. The van der Waals surface area contributed by atoms with Gasteiger partial charge in [-0.3, -0.25) is 0 Å². The van der Waals surface area contributed by atoms with Crippen molar-refractivity contribution in [3.05, 3.63) is 23.3 Å². The second kappa shape index (κ2) is 11.9. The van der Waals surface area contributed by atoms with E-state index in [1.54, 1.807) is 0 Å². The standard InChI is InChI=1S/C15H20F4O7S2/c16-10-12(18)15(13(19)11(17)14(10)27-26-25-22)28(23,24)9(5-1-3-7-20)6-2-4-8-21/h9,20-22H,1-8H2. The van der Waals surface area contributed by atoms with Gasteiger partial charge in [-0.15, -0.1) is 4.33 Å². The molecule has 0 spiro atoms. The molecule has 13 heteroatoms. The summed E-state index contributed by atoms with van der Waals surface area (Å²) in [6.07, 6.45) is 0.650. The summed E-state index contributed by atoms with van der Waals surface area (Å²) in [7, 11) is -4.83. The highest BCUT2D eigenvalue weighted by atomic mass is 32.2. The van der Waals surface area contributed by atoms with Crippen LogP contribution in [0.5, 0.6) is 0 Å². The minimum absolute atomic E-state index is 0.103. The smallest absolute Gasteiger partial charge is 0.187 e. The summed E-state index contributed by atoms with van der Waals surface area (Å²) in [4.78, 5) is -3.12. The van der Waals surface area contributed by atoms with Crippen LogP contribution < -0.4 is 0 Å². The Morgan fingerprint density at radius 3 is 1.71 bits per heavy atom. The van der Waals surface area contributed by atoms with E-state index in [-0.39, 0.29) is 63.8 Å². The third-order valence-corrected chi connectivity index (χ3v) is 6.85. The van der Waals surface area contributed by atoms with Gasteiger partial charge in [-0.2, -0.15) is 0 Å². The second-order valence-electron chi connectivity index (χ2n) is 5.75. The van der Waals surface area contributed by atoms with E-state index in [4.69, 9.17) is 15.5 Å². The number of rotatable bonds is 13. The van der Waals surface area contributed by atoms with Gasteiger partial charge in [-0.05, 0) is 38.5 Å². The summed E-state index contributed by atoms with van der Waals surface area (Å²) in [6, 6.07) is 0. The molecule has 0 fully saturated rings. The lowest BCUT2D eigenvalue weighted by Gasteiger charge is -2.19. The van der Waals surface area contributed by atoms with Gasteiger partial charge in [0.15, 0.2) is 33.1 Å². The van der Waals surface area contributed by atoms with Crippen molar-refractivity contribution in [2.24, 2.45) is 0 Å². The largest absolute Gasteiger partial charge is 0.396 e. The number of benzene rings is 1. The lowest BCUT2D eigenvalue weighted by molar-refractivity contribution is -0.432. The monoisotopic (exact) mass is 452 g/mol. The number of sulfone groups is 1. The van der Waals surface area contributed by atoms with E-state index in [9.17, 15) is 26.0 Å². The number of hydrogen-bond donors (Lipinski definition) is 3. The fourth-order valence-corrected chi connectivity index (χ4v) is 4.94.